The molecule has 1 aromatic rings. The summed E-state index contributed by atoms with van der Waals surface area (Å²) >= 11 is 0. The van der Waals surface area contributed by atoms with E-state index in [1.165, 1.54) is 0 Å². The highest BCUT2D eigenvalue weighted by Gasteiger charge is 2.34. The Kier molecular flexibility index (Phi) is 4.15. The maximum Gasteiger partial charge on any atom is 0.250 e. The summed E-state index contributed by atoms with van der Waals surface area (Å²) < 4.78 is 0. The third-order valence-corrected chi connectivity index (χ3v) is 3.59. The lowest BCUT2D eigenvalue weighted by Crippen LogP contribution is -2.39. The van der Waals surface area contributed by atoms with Crippen LogP contribution in [0.2, 0.25) is 0 Å². The number of primary amides is 1. The molecule has 0 spiro atoms. The highest BCUT2D eigenvalue weighted by Crippen LogP contribution is 2.33. The van der Waals surface area contributed by atoms with Crippen molar-refractivity contribution in [3.8, 4) is 0 Å². The summed E-state index contributed by atoms with van der Waals surface area (Å²) in [6.45, 7) is 1.25. The van der Waals surface area contributed by atoms with Gasteiger partial charge in [0.25, 0.3) is 5.91 Å². The number of para-hydroxylation sites is 1. The summed E-state index contributed by atoms with van der Waals surface area (Å²) in [7, 11) is 3.96. The van der Waals surface area contributed by atoms with Gasteiger partial charge < -0.3 is 26.4 Å². The van der Waals surface area contributed by atoms with E-state index in [9.17, 15) is 9.90 Å². The van der Waals surface area contributed by atoms with Gasteiger partial charge in [0, 0.05) is 19.1 Å². The Labute approximate surface area is 119 Å². The first-order valence-corrected chi connectivity index (χ1v) is 6.68. The van der Waals surface area contributed by atoms with Crippen molar-refractivity contribution in [3.05, 3.63) is 23.8 Å². The number of aliphatic hydroxyl groups excluding tert-OH is 1. The number of nitrogens with zero attached hydrogens (tertiary/aromatic N) is 2. The van der Waals surface area contributed by atoms with Crippen LogP contribution >= 0.6 is 0 Å². The minimum absolute atomic E-state index is 0.114. The molecule has 0 bridgehead atoms. The van der Waals surface area contributed by atoms with Gasteiger partial charge >= 0.3 is 0 Å². The number of likely N-dealkylation sites (N-methyl/N-ethyl adjacent to an activating group) is 1. The van der Waals surface area contributed by atoms with Crippen LogP contribution in [0.4, 0.5) is 11.4 Å². The zero-order chi connectivity index (χ0) is 14.9. The minimum Gasteiger partial charge on any atom is -0.397 e. The van der Waals surface area contributed by atoms with E-state index in [0.717, 1.165) is 6.54 Å². The molecule has 1 saturated heterocycles. The Morgan fingerprint density at radius 3 is 2.80 bits per heavy atom. The van der Waals surface area contributed by atoms with E-state index >= 15 is 0 Å². The van der Waals surface area contributed by atoms with Gasteiger partial charge in [0.15, 0.2) is 0 Å². The highest BCUT2D eigenvalue weighted by atomic mass is 16.3. The van der Waals surface area contributed by atoms with Gasteiger partial charge in [0.05, 0.1) is 23.0 Å². The molecule has 2 atom stereocenters. The second-order valence-electron chi connectivity index (χ2n) is 5.57. The van der Waals surface area contributed by atoms with E-state index in [-0.39, 0.29) is 6.04 Å². The number of rotatable bonds is 4. The molecule has 6 heteroatoms. The average Bonchev–Trinajstić information content (AvgIpc) is 2.68. The predicted molar refractivity (Wildman–Crippen MR) is 79.7 cm³/mol. The molecule has 1 aliphatic rings. The molecule has 2 unspecified atom stereocenters. The Bertz CT molecular complexity index is 504. The Balaban J connectivity index is 2.41. The van der Waals surface area contributed by atoms with E-state index in [1.807, 2.05) is 19.0 Å². The number of hydrogen-bond donors (Lipinski definition) is 3. The van der Waals surface area contributed by atoms with Gasteiger partial charge in [0.1, 0.15) is 0 Å². The van der Waals surface area contributed by atoms with Crippen molar-refractivity contribution >= 4 is 17.3 Å². The minimum atomic E-state index is -0.503. The molecule has 110 valence electrons. The third-order valence-electron chi connectivity index (χ3n) is 3.59. The van der Waals surface area contributed by atoms with Crippen molar-refractivity contribution in [1.82, 2.24) is 4.90 Å². The summed E-state index contributed by atoms with van der Waals surface area (Å²) in [5, 5.41) is 9.95. The van der Waals surface area contributed by atoms with E-state index in [2.05, 4.69) is 4.90 Å². The van der Waals surface area contributed by atoms with Gasteiger partial charge in [-0.15, -0.1) is 0 Å². The molecule has 20 heavy (non-hydrogen) atoms. The maximum absolute atomic E-state index is 11.6. The van der Waals surface area contributed by atoms with Gasteiger partial charge in [-0.3, -0.25) is 4.79 Å². The molecule has 1 heterocycles. The monoisotopic (exact) mass is 278 g/mol. The lowest BCUT2D eigenvalue weighted by molar-refractivity contribution is 0.100. The molecule has 1 aromatic carbocycles. The van der Waals surface area contributed by atoms with Crippen LogP contribution < -0.4 is 16.4 Å². The summed E-state index contributed by atoms with van der Waals surface area (Å²) in [6, 6.07) is 5.25. The topological polar surface area (TPSA) is 95.8 Å². The average molecular weight is 278 g/mol. The SMILES string of the molecule is CN(C)CC1CC(O)CN1c1c(N)cccc1C(N)=O. The van der Waals surface area contributed by atoms with Gasteiger partial charge in [0.2, 0.25) is 0 Å². The van der Waals surface area contributed by atoms with E-state index in [4.69, 9.17) is 11.5 Å². The summed E-state index contributed by atoms with van der Waals surface area (Å²) in [5.74, 6) is -0.503. The maximum atomic E-state index is 11.6. The number of carbonyl (C=O) groups excluding carboxylic acids is 1. The van der Waals surface area contributed by atoms with Crippen molar-refractivity contribution in [2.45, 2.75) is 18.6 Å². The molecule has 0 radical (unpaired) electrons. The first-order valence-electron chi connectivity index (χ1n) is 6.68. The standard InChI is InChI=1S/C14H22N4O2/c1-17(2)7-9-6-10(19)8-18(9)13-11(14(16)20)4-3-5-12(13)15/h3-5,9-10,19H,6-8,15H2,1-2H3,(H2,16,20). The lowest BCUT2D eigenvalue weighted by Gasteiger charge is -2.30. The molecular weight excluding hydrogens is 256 g/mol. The third kappa shape index (κ3) is 2.86. The van der Waals surface area contributed by atoms with E-state index in [1.54, 1.807) is 18.2 Å². The Morgan fingerprint density at radius 2 is 2.20 bits per heavy atom. The van der Waals surface area contributed by atoms with Gasteiger partial charge in [-0.2, -0.15) is 0 Å². The Hall–Kier alpha value is -1.79. The van der Waals surface area contributed by atoms with Crippen LogP contribution in [0.3, 0.4) is 0 Å². The number of nitrogen functional groups attached to an aromatic ring is 1. The van der Waals surface area contributed by atoms with Crippen LogP contribution in [0.15, 0.2) is 18.2 Å². The van der Waals surface area contributed by atoms with Crippen LogP contribution in [0.1, 0.15) is 16.8 Å². The number of amides is 1. The van der Waals surface area contributed by atoms with Crippen molar-refractivity contribution in [2.24, 2.45) is 5.73 Å². The number of carbonyl (C=O) groups is 1. The van der Waals surface area contributed by atoms with Crippen LogP contribution in [0.25, 0.3) is 0 Å². The van der Waals surface area contributed by atoms with Crippen LogP contribution in [0, 0.1) is 0 Å². The fourth-order valence-corrected chi connectivity index (χ4v) is 2.84. The van der Waals surface area contributed by atoms with Gasteiger partial charge in [-0.25, -0.2) is 0 Å². The largest absolute Gasteiger partial charge is 0.397 e. The fraction of sp³-hybridized carbons (Fsp3) is 0.500. The second-order valence-corrected chi connectivity index (χ2v) is 5.57. The molecule has 5 N–H and O–H groups in total. The van der Waals surface area contributed by atoms with Crippen LogP contribution in [-0.2, 0) is 0 Å². The molecule has 0 aromatic heterocycles. The highest BCUT2D eigenvalue weighted by molar-refractivity contribution is 6.01. The molecule has 1 aliphatic heterocycles. The van der Waals surface area contributed by atoms with Crippen molar-refractivity contribution in [2.75, 3.05) is 37.8 Å². The number of aliphatic hydroxyl groups is 1. The molecule has 1 fully saturated rings. The molecular formula is C14H22N4O2. The molecule has 0 aliphatic carbocycles. The molecule has 2 rings (SSSR count). The lowest BCUT2D eigenvalue weighted by atomic mass is 10.1. The van der Waals surface area contributed by atoms with Gasteiger partial charge in [-0.05, 0) is 32.6 Å². The first kappa shape index (κ1) is 14.6. The quantitative estimate of drug-likeness (QED) is 0.667. The van der Waals surface area contributed by atoms with Crippen molar-refractivity contribution < 1.29 is 9.90 Å². The van der Waals surface area contributed by atoms with Crippen LogP contribution in [0.5, 0.6) is 0 Å². The van der Waals surface area contributed by atoms with Crippen molar-refractivity contribution in [3.63, 3.8) is 0 Å². The number of nitrogens with two attached hydrogens (primary N) is 2. The molecule has 6 nitrogen and oxygen atoms in total. The smallest absolute Gasteiger partial charge is 0.250 e. The first-order chi connectivity index (χ1) is 9.40. The summed E-state index contributed by atoms with van der Waals surface area (Å²) in [4.78, 5) is 15.7. The second kappa shape index (κ2) is 5.68. The molecule has 1 amide bonds. The van der Waals surface area contributed by atoms with Crippen LogP contribution in [-0.4, -0.2) is 55.2 Å². The zero-order valence-corrected chi connectivity index (χ0v) is 11.9. The zero-order valence-electron chi connectivity index (χ0n) is 11.9. The van der Waals surface area contributed by atoms with Gasteiger partial charge in [-0.1, -0.05) is 6.07 Å². The Morgan fingerprint density at radius 1 is 1.50 bits per heavy atom. The number of β-amino-alcohol motifs (C(OH)–C–C–N with tert-alkyl or cyclic N) is 1. The number of anilines is 2. The number of benzene rings is 1. The normalized spacial score (nSPS) is 22.5. The summed E-state index contributed by atoms with van der Waals surface area (Å²) in [5.41, 5.74) is 13.0. The fourth-order valence-electron chi connectivity index (χ4n) is 2.84. The predicted octanol–water partition coefficient (Wildman–Crippen LogP) is -0.131. The summed E-state index contributed by atoms with van der Waals surface area (Å²) in [6.07, 6.45) is 0.241. The van der Waals surface area contributed by atoms with Crippen molar-refractivity contribution in [1.29, 1.82) is 0 Å². The number of hydrogen-bond acceptors (Lipinski definition) is 5. The van der Waals surface area contributed by atoms with E-state index < -0.39 is 12.0 Å². The van der Waals surface area contributed by atoms with E-state index in [0.29, 0.717) is 29.9 Å². The molecule has 0 saturated carbocycles.